The Bertz CT molecular complexity index is 1550. The predicted molar refractivity (Wildman–Crippen MR) is 162 cm³/mol. The van der Waals surface area contributed by atoms with E-state index >= 15 is 0 Å². The fraction of sp³-hybridized carbons (Fsp3) is 0.154. The quantitative estimate of drug-likeness (QED) is 0.124. The summed E-state index contributed by atoms with van der Waals surface area (Å²) in [5, 5.41) is 3.11. The molecule has 1 aliphatic rings. The molecule has 0 aliphatic carbocycles. The number of anilines is 3. The summed E-state index contributed by atoms with van der Waals surface area (Å²) < 4.78 is 30.2. The van der Waals surface area contributed by atoms with Crippen LogP contribution in [0.5, 0.6) is 0 Å². The number of aromatic nitrogens is 4. The van der Waals surface area contributed by atoms with Gasteiger partial charge in [-0.05, 0) is 49.2 Å². The molecule has 2 aromatic heterocycles. The Labute approximate surface area is 265 Å². The number of hydrogen-bond donors (Lipinski definition) is 2. The van der Waals surface area contributed by atoms with Crippen molar-refractivity contribution < 1.29 is 13.5 Å². The van der Waals surface area contributed by atoms with Crippen molar-refractivity contribution in [2.75, 3.05) is 24.3 Å². The third-order valence-electron chi connectivity index (χ3n) is 4.69. The van der Waals surface area contributed by atoms with Crippen LogP contribution in [-0.4, -0.2) is 33.1 Å². The zero-order valence-corrected chi connectivity index (χ0v) is 25.0. The molecular formula is C26H19Cl5F2N8O. The monoisotopic (exact) mass is 672 g/mol. The van der Waals surface area contributed by atoms with E-state index in [4.69, 9.17) is 81.6 Å². The van der Waals surface area contributed by atoms with Crippen LogP contribution in [0.2, 0.25) is 25.5 Å². The number of rotatable bonds is 2. The van der Waals surface area contributed by atoms with Crippen LogP contribution in [0.3, 0.4) is 0 Å². The molecule has 4 aromatic rings. The summed E-state index contributed by atoms with van der Waals surface area (Å²) in [5.41, 5.74) is 6.45. The maximum Gasteiger partial charge on any atom is 0.264 e. The molecule has 1 aliphatic heterocycles. The van der Waals surface area contributed by atoms with Gasteiger partial charge < -0.3 is 15.8 Å². The maximum absolute atomic E-state index is 13.0. The first kappa shape index (κ1) is 34.7. The number of nitrogens with zero attached hydrogens (tertiary/aromatic N) is 6. The lowest BCUT2D eigenvalue weighted by Gasteiger charge is -2.08. The summed E-state index contributed by atoms with van der Waals surface area (Å²) in [6.07, 6.45) is 4.99. The number of ether oxygens (including phenoxy) is 1. The van der Waals surface area contributed by atoms with Gasteiger partial charge in [-0.1, -0.05) is 58.0 Å². The minimum atomic E-state index is -0.520. The Kier molecular flexibility index (Phi) is 14.9. The highest BCUT2D eigenvalue weighted by atomic mass is 35.5. The Morgan fingerprint density at radius 2 is 1.24 bits per heavy atom. The number of hydrogen-bond acceptors (Lipinski definition) is 7. The summed E-state index contributed by atoms with van der Waals surface area (Å²) in [5.74, 6) is -0.716. The normalized spacial score (nSPS) is 11.3. The standard InChI is InChI=1S/C11H5Cl2FN4.C6H5ClFN.C5HCl2N3.C4H8O/c1-15-9-10(13)16-5-17-11(9)18-6-2-3-8(14)7(12)4-6;7-5-3-4(9)1-2-6(5)8;1-8-3-4(6)9-2-10-5(3)7;1-2-4-5-3-1/h2-5H,(H,16,17,18);1-3H,9H2;2H;1-4H2. The van der Waals surface area contributed by atoms with E-state index in [1.54, 1.807) is 0 Å². The second-order valence-electron chi connectivity index (χ2n) is 7.64. The third-order valence-corrected chi connectivity index (χ3v) is 6.10. The van der Waals surface area contributed by atoms with Gasteiger partial charge in [0.2, 0.25) is 0 Å². The highest BCUT2D eigenvalue weighted by molar-refractivity contribution is 6.37. The third kappa shape index (κ3) is 11.4. The molecule has 1 fully saturated rings. The van der Waals surface area contributed by atoms with Crippen molar-refractivity contribution in [1.29, 1.82) is 0 Å². The minimum absolute atomic E-state index is 0.0236. The average Bonchev–Trinajstić information content (AvgIpc) is 3.55. The van der Waals surface area contributed by atoms with Crippen molar-refractivity contribution in [3.05, 3.63) is 109 Å². The molecule has 0 saturated carbocycles. The molecule has 0 spiro atoms. The molecule has 9 nitrogen and oxygen atoms in total. The lowest BCUT2D eigenvalue weighted by atomic mass is 10.3. The second-order valence-corrected chi connectivity index (χ2v) is 9.52. The van der Waals surface area contributed by atoms with E-state index in [9.17, 15) is 8.78 Å². The van der Waals surface area contributed by atoms with E-state index in [0.29, 0.717) is 11.4 Å². The number of nitrogen functional groups attached to an aromatic ring is 1. The van der Waals surface area contributed by atoms with Crippen molar-refractivity contribution in [1.82, 2.24) is 19.9 Å². The molecule has 5 rings (SSSR count). The Balaban J connectivity index is 0.000000217. The van der Waals surface area contributed by atoms with Crippen LogP contribution in [0.4, 0.5) is 37.3 Å². The van der Waals surface area contributed by atoms with E-state index in [0.717, 1.165) is 13.2 Å². The van der Waals surface area contributed by atoms with Crippen LogP contribution in [-0.2, 0) is 4.74 Å². The topological polar surface area (TPSA) is 108 Å². The molecule has 3 N–H and O–H groups in total. The van der Waals surface area contributed by atoms with Crippen LogP contribution in [0.25, 0.3) is 9.69 Å². The van der Waals surface area contributed by atoms with E-state index in [2.05, 4.69) is 34.9 Å². The van der Waals surface area contributed by atoms with Crippen molar-refractivity contribution >= 4 is 86.6 Å². The lowest BCUT2D eigenvalue weighted by molar-refractivity contribution is 0.198. The molecule has 0 bridgehead atoms. The molecule has 2 aromatic carbocycles. The molecule has 218 valence electrons. The van der Waals surface area contributed by atoms with E-state index in [1.165, 1.54) is 61.9 Å². The van der Waals surface area contributed by atoms with Crippen molar-refractivity contribution in [2.24, 2.45) is 0 Å². The first-order valence-corrected chi connectivity index (χ1v) is 13.4. The Morgan fingerprint density at radius 3 is 1.67 bits per heavy atom. The van der Waals surface area contributed by atoms with Crippen LogP contribution in [0.1, 0.15) is 12.8 Å². The number of benzene rings is 2. The lowest BCUT2D eigenvalue weighted by Crippen LogP contribution is -1.95. The summed E-state index contributed by atoms with van der Waals surface area (Å²) in [6.45, 7) is 15.6. The smallest absolute Gasteiger partial charge is 0.264 e. The average molecular weight is 675 g/mol. The van der Waals surface area contributed by atoms with Gasteiger partial charge in [-0.2, -0.15) is 0 Å². The fourth-order valence-electron chi connectivity index (χ4n) is 2.71. The van der Waals surface area contributed by atoms with Crippen LogP contribution >= 0.6 is 58.0 Å². The zero-order valence-electron chi connectivity index (χ0n) is 21.3. The first-order chi connectivity index (χ1) is 20.1. The van der Waals surface area contributed by atoms with Crippen molar-refractivity contribution in [3.8, 4) is 0 Å². The van der Waals surface area contributed by atoms with Gasteiger partial charge in [0, 0.05) is 24.6 Å². The molecule has 42 heavy (non-hydrogen) atoms. The van der Waals surface area contributed by atoms with Crippen LogP contribution < -0.4 is 11.1 Å². The minimum Gasteiger partial charge on any atom is -0.399 e. The summed E-state index contributed by atoms with van der Waals surface area (Å²) in [7, 11) is 0. The number of halogens is 7. The van der Waals surface area contributed by atoms with Gasteiger partial charge in [0.1, 0.15) is 45.6 Å². The summed E-state index contributed by atoms with van der Waals surface area (Å²) in [6, 6.07) is 8.15. The second kappa shape index (κ2) is 18.1. The van der Waals surface area contributed by atoms with Crippen LogP contribution in [0, 0.1) is 24.8 Å². The van der Waals surface area contributed by atoms with Crippen molar-refractivity contribution in [3.63, 3.8) is 0 Å². The largest absolute Gasteiger partial charge is 0.399 e. The Hall–Kier alpha value is -3.55. The predicted octanol–water partition coefficient (Wildman–Crippen LogP) is 9.41. The number of nitrogens with two attached hydrogens (primary N) is 1. The molecule has 3 heterocycles. The molecule has 0 amide bonds. The SMILES string of the molecule is C1CCOC1.Nc1ccc(F)c(Cl)c1.[C-]#[N+]c1c(Cl)ncnc1Cl.[C-]#[N+]c1c(Cl)ncnc1Nc1ccc(F)c(Cl)c1. The van der Waals surface area contributed by atoms with Gasteiger partial charge in [0.15, 0.2) is 0 Å². The van der Waals surface area contributed by atoms with E-state index < -0.39 is 11.6 Å². The van der Waals surface area contributed by atoms with E-state index in [-0.39, 0.29) is 42.7 Å². The van der Waals surface area contributed by atoms with Gasteiger partial charge in [-0.15, -0.1) is 0 Å². The molecule has 0 unspecified atom stereocenters. The van der Waals surface area contributed by atoms with Gasteiger partial charge in [-0.25, -0.2) is 38.4 Å². The van der Waals surface area contributed by atoms with Gasteiger partial charge >= 0.3 is 0 Å². The highest BCUT2D eigenvalue weighted by Crippen LogP contribution is 2.32. The molecule has 1 saturated heterocycles. The van der Waals surface area contributed by atoms with Gasteiger partial charge in [-0.3, -0.25) is 0 Å². The van der Waals surface area contributed by atoms with Gasteiger partial charge in [0.05, 0.1) is 23.2 Å². The van der Waals surface area contributed by atoms with Gasteiger partial charge in [0.25, 0.3) is 11.4 Å². The fourth-order valence-corrected chi connectivity index (χ4v) is 3.66. The molecular weight excluding hydrogens is 656 g/mol. The van der Waals surface area contributed by atoms with Crippen molar-refractivity contribution in [2.45, 2.75) is 12.8 Å². The highest BCUT2D eigenvalue weighted by Gasteiger charge is 2.11. The van der Waals surface area contributed by atoms with Crippen LogP contribution in [0.15, 0.2) is 49.1 Å². The Morgan fingerprint density at radius 1 is 0.738 bits per heavy atom. The first-order valence-electron chi connectivity index (χ1n) is 11.5. The summed E-state index contributed by atoms with van der Waals surface area (Å²) in [4.78, 5) is 21.0. The molecule has 16 heteroatoms. The summed E-state index contributed by atoms with van der Waals surface area (Å²) >= 11 is 27.7. The number of nitrogens with one attached hydrogen (secondary N) is 1. The molecule has 0 atom stereocenters. The maximum atomic E-state index is 13.0. The zero-order chi connectivity index (χ0) is 31.1. The molecule has 0 radical (unpaired) electrons. The van der Waals surface area contributed by atoms with E-state index in [1.807, 2.05) is 0 Å².